The second-order valence-electron chi connectivity index (χ2n) is 13.7. The van der Waals surface area contributed by atoms with Crippen molar-refractivity contribution < 1.29 is 24.3 Å². The zero-order chi connectivity index (χ0) is 37.9. The standard InChI is InChI=1S/C38H48Br2N8O5/c39-29-21-24(22-30(40)34(29)49)23-33(46-38(53)48-19-12-27(13-20-48)44-31-6-2-1-5-28(31)35(42)50)36(51)45-32(7-3-4-14-41)37(52)47-17-10-26(11-18-47)25-8-15-43-16-9-25/h1-2,5-6,8-9,15-16,21-22,26-27,32-33,44,49H,3-4,7,10-14,17-20,23,41H2,(H2,42,50)(H,45,51)(H,46,53)/t32-,33+/m0/s1. The number of aromatic hydroxyl groups is 1. The molecule has 2 fully saturated rings. The topological polar surface area (TPSA) is 196 Å². The fourth-order valence-electron chi connectivity index (χ4n) is 7.00. The minimum atomic E-state index is -1.02. The van der Waals surface area contributed by atoms with E-state index in [1.54, 1.807) is 47.6 Å². The van der Waals surface area contributed by atoms with E-state index in [1.165, 1.54) is 5.56 Å². The Morgan fingerprint density at radius 3 is 2.15 bits per heavy atom. The number of phenolic OH excluding ortho intramolecular Hbond substituents is 1. The molecule has 2 aliphatic rings. The Morgan fingerprint density at radius 1 is 0.868 bits per heavy atom. The lowest BCUT2D eigenvalue weighted by Crippen LogP contribution is -2.58. The lowest BCUT2D eigenvalue weighted by molar-refractivity contribution is -0.138. The molecule has 5 rings (SSSR count). The first-order valence-corrected chi connectivity index (χ1v) is 19.7. The minimum absolute atomic E-state index is 0.0143. The summed E-state index contributed by atoms with van der Waals surface area (Å²) in [4.78, 5) is 61.4. The number of nitrogens with one attached hydrogen (secondary N) is 3. The number of nitrogens with two attached hydrogens (primary N) is 2. The van der Waals surface area contributed by atoms with Gasteiger partial charge in [0, 0.05) is 56.7 Å². The van der Waals surface area contributed by atoms with Gasteiger partial charge < -0.3 is 42.3 Å². The maximum absolute atomic E-state index is 14.1. The van der Waals surface area contributed by atoms with Crippen LogP contribution in [0.2, 0.25) is 0 Å². The molecule has 2 aliphatic heterocycles. The van der Waals surface area contributed by atoms with E-state index in [4.69, 9.17) is 11.5 Å². The minimum Gasteiger partial charge on any atom is -0.506 e. The molecule has 15 heteroatoms. The van der Waals surface area contributed by atoms with Gasteiger partial charge in [-0.1, -0.05) is 12.1 Å². The second-order valence-corrected chi connectivity index (χ2v) is 15.4. The van der Waals surface area contributed by atoms with Crippen LogP contribution in [-0.2, 0) is 16.0 Å². The molecule has 0 spiro atoms. The molecule has 2 saturated heterocycles. The van der Waals surface area contributed by atoms with E-state index in [0.29, 0.717) is 96.5 Å². The number of unbranched alkanes of at least 4 members (excludes halogenated alkanes) is 1. The number of hydrogen-bond donors (Lipinski definition) is 6. The molecule has 53 heavy (non-hydrogen) atoms. The molecule has 3 heterocycles. The number of para-hydroxylation sites is 1. The first-order chi connectivity index (χ1) is 25.5. The van der Waals surface area contributed by atoms with Crippen molar-refractivity contribution in [2.75, 3.05) is 38.0 Å². The van der Waals surface area contributed by atoms with Gasteiger partial charge in [-0.2, -0.15) is 0 Å². The number of nitrogens with zero attached hydrogens (tertiary/aromatic N) is 3. The average molecular weight is 857 g/mol. The molecule has 8 N–H and O–H groups in total. The fourth-order valence-corrected chi connectivity index (χ4v) is 8.28. The monoisotopic (exact) mass is 854 g/mol. The van der Waals surface area contributed by atoms with Gasteiger partial charge >= 0.3 is 6.03 Å². The van der Waals surface area contributed by atoms with Crippen molar-refractivity contribution >= 4 is 61.3 Å². The summed E-state index contributed by atoms with van der Waals surface area (Å²) in [6.45, 7) is 2.46. The normalized spacial score (nSPS) is 16.4. The Hall–Kier alpha value is -4.21. The maximum Gasteiger partial charge on any atom is 0.318 e. The van der Waals surface area contributed by atoms with Gasteiger partial charge in [0.1, 0.15) is 17.8 Å². The van der Waals surface area contributed by atoms with E-state index in [2.05, 4.69) is 52.8 Å². The van der Waals surface area contributed by atoms with Crippen molar-refractivity contribution in [2.24, 2.45) is 11.5 Å². The zero-order valence-corrected chi connectivity index (χ0v) is 32.8. The molecule has 1 aromatic heterocycles. The second kappa shape index (κ2) is 19.2. The van der Waals surface area contributed by atoms with E-state index in [1.807, 2.05) is 23.1 Å². The Bertz CT molecular complexity index is 1710. The number of pyridine rings is 1. The number of piperidine rings is 2. The predicted octanol–water partition coefficient (Wildman–Crippen LogP) is 4.63. The average Bonchev–Trinajstić information content (AvgIpc) is 3.16. The van der Waals surface area contributed by atoms with E-state index >= 15 is 0 Å². The molecule has 2 atom stereocenters. The summed E-state index contributed by atoms with van der Waals surface area (Å²) in [5, 5.41) is 19.6. The highest BCUT2D eigenvalue weighted by molar-refractivity contribution is 9.11. The third kappa shape index (κ3) is 10.9. The number of urea groups is 1. The predicted molar refractivity (Wildman–Crippen MR) is 210 cm³/mol. The third-order valence-electron chi connectivity index (χ3n) is 10.0. The molecule has 13 nitrogen and oxygen atoms in total. The van der Waals surface area contributed by atoms with Gasteiger partial charge in [-0.3, -0.25) is 19.4 Å². The van der Waals surface area contributed by atoms with Gasteiger partial charge in [-0.25, -0.2) is 4.79 Å². The number of likely N-dealkylation sites (tertiary alicyclic amines) is 2. The number of primary amides is 1. The van der Waals surface area contributed by atoms with Crippen LogP contribution in [-0.4, -0.2) is 94.5 Å². The fraction of sp³-hybridized carbons (Fsp3) is 0.447. The Kier molecular flexibility index (Phi) is 14.5. The van der Waals surface area contributed by atoms with E-state index in [9.17, 15) is 24.3 Å². The van der Waals surface area contributed by atoms with Crippen LogP contribution in [0.4, 0.5) is 10.5 Å². The lowest BCUT2D eigenvalue weighted by Gasteiger charge is -2.35. The highest BCUT2D eigenvalue weighted by atomic mass is 79.9. The molecule has 284 valence electrons. The molecule has 3 aromatic rings. The summed E-state index contributed by atoms with van der Waals surface area (Å²) in [6.07, 6.45) is 8.32. The van der Waals surface area contributed by atoms with E-state index in [0.717, 1.165) is 12.8 Å². The Labute approximate surface area is 326 Å². The molecule has 0 aliphatic carbocycles. The van der Waals surface area contributed by atoms with Crippen LogP contribution in [0.3, 0.4) is 0 Å². The van der Waals surface area contributed by atoms with Gasteiger partial charge in [0.05, 0.1) is 14.5 Å². The number of phenols is 1. The summed E-state index contributed by atoms with van der Waals surface area (Å²) in [5.41, 5.74) is 14.3. The number of carbonyl (C=O) groups excluding carboxylic acids is 4. The number of halogens is 2. The number of carbonyl (C=O) groups is 4. The number of amides is 5. The first kappa shape index (κ1) is 40.0. The van der Waals surface area contributed by atoms with Crippen LogP contribution in [0.5, 0.6) is 5.75 Å². The quantitative estimate of drug-likeness (QED) is 0.126. The number of hydrogen-bond acceptors (Lipinski definition) is 8. The van der Waals surface area contributed by atoms with Crippen molar-refractivity contribution in [2.45, 2.75) is 75.4 Å². The Morgan fingerprint density at radius 2 is 1.51 bits per heavy atom. The summed E-state index contributed by atoms with van der Waals surface area (Å²) < 4.78 is 0.870. The summed E-state index contributed by atoms with van der Waals surface area (Å²) in [7, 11) is 0. The molecular formula is C38H48Br2N8O5. The molecule has 0 saturated carbocycles. The Balaban J connectivity index is 1.27. The number of benzene rings is 2. The van der Waals surface area contributed by atoms with Crippen LogP contribution >= 0.6 is 31.9 Å². The van der Waals surface area contributed by atoms with Crippen molar-refractivity contribution in [3.63, 3.8) is 0 Å². The smallest absolute Gasteiger partial charge is 0.318 e. The molecule has 0 radical (unpaired) electrons. The van der Waals surface area contributed by atoms with Crippen molar-refractivity contribution in [3.8, 4) is 5.75 Å². The molecule has 0 bridgehead atoms. The van der Waals surface area contributed by atoms with Crippen LogP contribution < -0.4 is 27.4 Å². The first-order valence-electron chi connectivity index (χ1n) is 18.1. The number of aromatic nitrogens is 1. The molecular weight excluding hydrogens is 808 g/mol. The van der Waals surface area contributed by atoms with Crippen molar-refractivity contribution in [1.82, 2.24) is 25.4 Å². The van der Waals surface area contributed by atoms with Crippen LogP contribution in [0, 0.1) is 0 Å². The van der Waals surface area contributed by atoms with Gasteiger partial charge in [0.25, 0.3) is 5.91 Å². The van der Waals surface area contributed by atoms with Gasteiger partial charge in [-0.15, -0.1) is 0 Å². The van der Waals surface area contributed by atoms with Crippen molar-refractivity contribution in [1.29, 1.82) is 0 Å². The van der Waals surface area contributed by atoms with Crippen LogP contribution in [0.25, 0.3) is 0 Å². The van der Waals surface area contributed by atoms with Crippen LogP contribution in [0.1, 0.15) is 72.3 Å². The summed E-state index contributed by atoms with van der Waals surface area (Å²) in [6, 6.07) is 12.3. The largest absolute Gasteiger partial charge is 0.506 e. The number of anilines is 1. The molecule has 2 aromatic carbocycles. The summed E-state index contributed by atoms with van der Waals surface area (Å²) >= 11 is 6.73. The summed E-state index contributed by atoms with van der Waals surface area (Å²) in [5.74, 6) is -0.780. The maximum atomic E-state index is 14.1. The highest BCUT2D eigenvalue weighted by Gasteiger charge is 2.33. The van der Waals surface area contributed by atoms with Gasteiger partial charge in [0.15, 0.2) is 0 Å². The van der Waals surface area contributed by atoms with Gasteiger partial charge in [0.2, 0.25) is 11.8 Å². The lowest BCUT2D eigenvalue weighted by atomic mass is 9.89. The van der Waals surface area contributed by atoms with Crippen LogP contribution in [0.15, 0.2) is 69.9 Å². The molecule has 0 unspecified atom stereocenters. The van der Waals surface area contributed by atoms with E-state index < -0.39 is 29.9 Å². The third-order valence-corrected chi connectivity index (χ3v) is 11.2. The van der Waals surface area contributed by atoms with Crippen molar-refractivity contribution in [3.05, 3.63) is 86.6 Å². The SMILES string of the molecule is NCCCC[C@H](NC(=O)[C@@H](Cc1cc(Br)c(O)c(Br)c1)NC(=O)N1CCC(Nc2ccccc2C(N)=O)CC1)C(=O)N1CCC(c2ccncc2)CC1. The van der Waals surface area contributed by atoms with Gasteiger partial charge in [-0.05, 0) is 137 Å². The van der Waals surface area contributed by atoms with E-state index in [-0.39, 0.29) is 24.1 Å². The highest BCUT2D eigenvalue weighted by Crippen LogP contribution is 2.34. The zero-order valence-electron chi connectivity index (χ0n) is 29.6. The number of rotatable bonds is 14. The molecule has 5 amide bonds.